The van der Waals surface area contributed by atoms with Crippen molar-refractivity contribution in [1.82, 2.24) is 4.90 Å². The van der Waals surface area contributed by atoms with Gasteiger partial charge in [-0.05, 0) is 36.6 Å². The zero-order chi connectivity index (χ0) is 16.2. The first kappa shape index (κ1) is 15.8. The highest BCUT2D eigenvalue weighted by atomic mass is 35.5. The molecule has 3 rings (SSSR count). The Morgan fingerprint density at radius 2 is 1.91 bits per heavy atom. The average Bonchev–Trinajstić information content (AvgIpc) is 2.81. The molecule has 2 heterocycles. The van der Waals surface area contributed by atoms with Crippen molar-refractivity contribution in [3.8, 4) is 0 Å². The first-order chi connectivity index (χ1) is 11.2. The van der Waals surface area contributed by atoms with Gasteiger partial charge < -0.3 is 10.1 Å². The summed E-state index contributed by atoms with van der Waals surface area (Å²) in [5.41, 5.74) is 1.24. The smallest absolute Gasteiger partial charge is 0.320 e. The summed E-state index contributed by atoms with van der Waals surface area (Å²) in [5, 5.41) is 12.6. The molecule has 1 amide bonds. The number of carbonyl (C=O) groups excluding carboxylic acids is 1. The van der Waals surface area contributed by atoms with Gasteiger partial charge in [-0.25, -0.2) is 0 Å². The summed E-state index contributed by atoms with van der Waals surface area (Å²) >= 11 is 5.97. The highest BCUT2D eigenvalue weighted by Crippen LogP contribution is 2.31. The summed E-state index contributed by atoms with van der Waals surface area (Å²) in [7, 11) is 0. The van der Waals surface area contributed by atoms with Crippen LogP contribution in [0.4, 0.5) is 0 Å². The molecule has 0 radical (unpaired) electrons. The van der Waals surface area contributed by atoms with Crippen LogP contribution in [0.25, 0.3) is 0 Å². The molecule has 1 saturated heterocycles. The van der Waals surface area contributed by atoms with Crippen molar-refractivity contribution in [3.05, 3.63) is 70.1 Å². The van der Waals surface area contributed by atoms with Crippen LogP contribution in [0.2, 0.25) is 5.02 Å². The minimum absolute atomic E-state index is 0.0116. The molecule has 2 aromatic rings. The Morgan fingerprint density at radius 1 is 1.13 bits per heavy atom. The number of carbonyl (C=O) groups is 1. The van der Waals surface area contributed by atoms with Crippen LogP contribution in [0.1, 0.15) is 47.8 Å². The zero-order valence-electron chi connectivity index (χ0n) is 12.8. The number of pyridine rings is 1. The van der Waals surface area contributed by atoms with E-state index in [1.165, 1.54) is 6.20 Å². The van der Waals surface area contributed by atoms with Gasteiger partial charge in [-0.15, -0.1) is 0 Å². The van der Waals surface area contributed by atoms with E-state index in [2.05, 4.69) is 0 Å². The number of hydrogen-bond donors (Lipinski definition) is 0. The second-order valence-corrected chi connectivity index (χ2v) is 6.26. The first-order valence-electron chi connectivity index (χ1n) is 7.91. The van der Waals surface area contributed by atoms with Gasteiger partial charge in [0.05, 0.1) is 6.04 Å². The lowest BCUT2D eigenvalue weighted by molar-refractivity contribution is -0.608. The minimum Gasteiger partial charge on any atom is -0.618 e. The molecule has 1 aliphatic rings. The Hall–Kier alpha value is -2.07. The molecule has 4 nitrogen and oxygen atoms in total. The van der Waals surface area contributed by atoms with Crippen LogP contribution in [0.3, 0.4) is 0 Å². The van der Waals surface area contributed by atoms with Crippen molar-refractivity contribution >= 4 is 17.5 Å². The van der Waals surface area contributed by atoms with Gasteiger partial charge in [0.15, 0.2) is 6.20 Å². The molecular formula is C18H19ClN2O2. The zero-order valence-corrected chi connectivity index (χ0v) is 13.6. The summed E-state index contributed by atoms with van der Waals surface area (Å²) in [6.07, 6.45) is 5.40. The van der Waals surface area contributed by atoms with E-state index in [9.17, 15) is 10.0 Å². The first-order valence-corrected chi connectivity index (χ1v) is 8.29. The molecule has 0 saturated carbocycles. The maximum Gasteiger partial charge on any atom is 0.320 e. The summed E-state index contributed by atoms with van der Waals surface area (Å²) in [6, 6.07) is 12.5. The summed E-state index contributed by atoms with van der Waals surface area (Å²) in [4.78, 5) is 14.7. The van der Waals surface area contributed by atoms with E-state index in [4.69, 9.17) is 11.6 Å². The van der Waals surface area contributed by atoms with Gasteiger partial charge in [0, 0.05) is 23.7 Å². The fourth-order valence-corrected chi connectivity index (χ4v) is 3.25. The number of likely N-dealkylation sites (tertiary alicyclic amines) is 1. The van der Waals surface area contributed by atoms with Crippen molar-refractivity contribution < 1.29 is 9.52 Å². The quantitative estimate of drug-likeness (QED) is 0.622. The Balaban J connectivity index is 1.94. The molecule has 5 heteroatoms. The largest absolute Gasteiger partial charge is 0.618 e. The average molecular weight is 331 g/mol. The van der Waals surface area contributed by atoms with Gasteiger partial charge in [0.25, 0.3) is 5.69 Å². The molecule has 0 aliphatic carbocycles. The summed E-state index contributed by atoms with van der Waals surface area (Å²) in [6.45, 7) is 0.668. The lowest BCUT2D eigenvalue weighted by Crippen LogP contribution is -2.43. The van der Waals surface area contributed by atoms with Crippen molar-refractivity contribution in [1.29, 1.82) is 0 Å². The van der Waals surface area contributed by atoms with Gasteiger partial charge in [0.1, 0.15) is 0 Å². The number of halogens is 1. The van der Waals surface area contributed by atoms with Crippen LogP contribution in [-0.2, 0) is 0 Å². The molecular weight excluding hydrogens is 312 g/mol. The Labute approximate surface area is 140 Å². The van der Waals surface area contributed by atoms with Gasteiger partial charge >= 0.3 is 5.91 Å². The SMILES string of the molecule is O=C(c1cccc[n+]1[O-])N1CCCCC[C@H]1c1ccc(Cl)cc1. The number of aromatic nitrogens is 1. The highest BCUT2D eigenvalue weighted by molar-refractivity contribution is 6.30. The number of amides is 1. The second kappa shape index (κ2) is 7.01. The molecule has 0 spiro atoms. The topological polar surface area (TPSA) is 47.2 Å². The molecule has 23 heavy (non-hydrogen) atoms. The third-order valence-corrected chi connectivity index (χ3v) is 4.56. The molecule has 0 N–H and O–H groups in total. The molecule has 1 fully saturated rings. The maximum absolute atomic E-state index is 12.9. The number of hydrogen-bond acceptors (Lipinski definition) is 2. The van der Waals surface area contributed by atoms with E-state index < -0.39 is 0 Å². The van der Waals surface area contributed by atoms with Gasteiger partial charge in [-0.3, -0.25) is 4.79 Å². The van der Waals surface area contributed by atoms with Gasteiger partial charge in [-0.2, -0.15) is 4.73 Å². The van der Waals surface area contributed by atoms with Gasteiger partial charge in [-0.1, -0.05) is 36.6 Å². The lowest BCUT2D eigenvalue weighted by atomic mass is 10.0. The number of benzene rings is 1. The van der Waals surface area contributed by atoms with Crippen LogP contribution in [-0.4, -0.2) is 17.4 Å². The van der Waals surface area contributed by atoms with Crippen LogP contribution < -0.4 is 4.73 Å². The van der Waals surface area contributed by atoms with E-state index >= 15 is 0 Å². The minimum atomic E-state index is -0.206. The monoisotopic (exact) mass is 330 g/mol. The normalized spacial score (nSPS) is 18.5. The van der Waals surface area contributed by atoms with Crippen LogP contribution in [0.15, 0.2) is 48.7 Å². The van der Waals surface area contributed by atoms with E-state index in [1.807, 2.05) is 29.2 Å². The third kappa shape index (κ3) is 3.48. The Bertz CT molecular complexity index is 688. The third-order valence-electron chi connectivity index (χ3n) is 4.31. The number of rotatable bonds is 2. The predicted molar refractivity (Wildman–Crippen MR) is 89.1 cm³/mol. The standard InChI is InChI=1S/C18H19ClN2O2/c19-15-10-8-14(9-11-15)16-6-2-1-4-12-20(16)18(22)17-7-3-5-13-21(17)23/h3,5,7-11,13,16H,1-2,4,6,12H2/t16-/m0/s1. The van der Waals surface area contributed by atoms with E-state index in [0.29, 0.717) is 16.3 Å². The van der Waals surface area contributed by atoms with Crippen LogP contribution in [0.5, 0.6) is 0 Å². The molecule has 1 aromatic carbocycles. The lowest BCUT2D eigenvalue weighted by Gasteiger charge is -2.29. The fraction of sp³-hybridized carbons (Fsp3) is 0.333. The fourth-order valence-electron chi connectivity index (χ4n) is 3.12. The number of nitrogens with zero attached hydrogens (tertiary/aromatic N) is 2. The Morgan fingerprint density at radius 3 is 2.65 bits per heavy atom. The Kier molecular flexibility index (Phi) is 4.82. The van der Waals surface area contributed by atoms with Gasteiger partial charge in [0.2, 0.25) is 0 Å². The molecule has 0 bridgehead atoms. The molecule has 0 unspecified atom stereocenters. The van der Waals surface area contributed by atoms with Crippen molar-refractivity contribution in [2.75, 3.05) is 6.54 Å². The molecule has 120 valence electrons. The highest BCUT2D eigenvalue weighted by Gasteiger charge is 2.31. The van der Waals surface area contributed by atoms with Crippen LogP contribution in [0, 0.1) is 5.21 Å². The van der Waals surface area contributed by atoms with Crippen molar-refractivity contribution in [2.45, 2.75) is 31.7 Å². The second-order valence-electron chi connectivity index (χ2n) is 5.83. The van der Waals surface area contributed by atoms with E-state index in [0.717, 1.165) is 31.2 Å². The molecule has 1 aromatic heterocycles. The molecule has 1 aliphatic heterocycles. The summed E-state index contributed by atoms with van der Waals surface area (Å²) in [5.74, 6) is -0.206. The predicted octanol–water partition coefficient (Wildman–Crippen LogP) is 3.73. The summed E-state index contributed by atoms with van der Waals surface area (Å²) < 4.78 is 0.645. The maximum atomic E-state index is 12.9. The van der Waals surface area contributed by atoms with E-state index in [-0.39, 0.29) is 17.6 Å². The molecule has 1 atom stereocenters. The van der Waals surface area contributed by atoms with Crippen LogP contribution >= 0.6 is 11.6 Å². The van der Waals surface area contributed by atoms with E-state index in [1.54, 1.807) is 18.2 Å². The van der Waals surface area contributed by atoms with Crippen molar-refractivity contribution in [2.24, 2.45) is 0 Å². The van der Waals surface area contributed by atoms with Crippen molar-refractivity contribution in [3.63, 3.8) is 0 Å².